The summed E-state index contributed by atoms with van der Waals surface area (Å²) in [6, 6.07) is 5.28. The Morgan fingerprint density at radius 1 is 1.32 bits per heavy atom. The van der Waals surface area contributed by atoms with Crippen molar-refractivity contribution in [3.8, 4) is 0 Å². The first kappa shape index (κ1) is 13.3. The molecule has 102 valence electrons. The number of rotatable bonds is 3. The van der Waals surface area contributed by atoms with Crippen molar-refractivity contribution in [1.82, 2.24) is 10.2 Å². The van der Waals surface area contributed by atoms with Crippen LogP contribution in [-0.4, -0.2) is 36.5 Å². The number of nitrogens with one attached hydrogen (secondary N) is 2. The second kappa shape index (κ2) is 5.69. The van der Waals surface area contributed by atoms with Gasteiger partial charge in [-0.25, -0.2) is 9.18 Å². The van der Waals surface area contributed by atoms with Gasteiger partial charge >= 0.3 is 6.03 Å². The van der Waals surface area contributed by atoms with Gasteiger partial charge in [0.1, 0.15) is 5.82 Å². The summed E-state index contributed by atoms with van der Waals surface area (Å²) in [4.78, 5) is 24.8. The smallest absolute Gasteiger partial charge is 0.321 e. The van der Waals surface area contributed by atoms with Gasteiger partial charge in [-0.15, -0.1) is 0 Å². The molecule has 0 bridgehead atoms. The minimum absolute atomic E-state index is 0.0201. The maximum absolute atomic E-state index is 12.7. The van der Waals surface area contributed by atoms with Crippen LogP contribution < -0.4 is 10.6 Å². The minimum atomic E-state index is -0.349. The molecule has 1 aromatic carbocycles. The first-order valence-corrected chi connectivity index (χ1v) is 6.19. The molecular weight excluding hydrogens is 249 g/mol. The highest BCUT2D eigenvalue weighted by Gasteiger charge is 2.35. The van der Waals surface area contributed by atoms with Crippen LogP contribution in [0.1, 0.15) is 6.92 Å². The second-order valence-corrected chi connectivity index (χ2v) is 4.43. The summed E-state index contributed by atoms with van der Waals surface area (Å²) in [5.41, 5.74) is 0.535. The van der Waals surface area contributed by atoms with Crippen LogP contribution in [0.3, 0.4) is 0 Å². The molecule has 0 saturated carbocycles. The lowest BCUT2D eigenvalue weighted by Gasteiger charge is -2.37. The van der Waals surface area contributed by atoms with Gasteiger partial charge in [0.2, 0.25) is 5.91 Å². The molecule has 2 N–H and O–H groups in total. The van der Waals surface area contributed by atoms with E-state index in [1.165, 1.54) is 24.3 Å². The molecular formula is C13H16FN3O2. The van der Waals surface area contributed by atoms with Gasteiger partial charge in [0.15, 0.2) is 0 Å². The van der Waals surface area contributed by atoms with E-state index in [0.717, 1.165) is 0 Å². The largest absolute Gasteiger partial charge is 0.356 e. The van der Waals surface area contributed by atoms with Crippen molar-refractivity contribution in [2.45, 2.75) is 6.92 Å². The summed E-state index contributed by atoms with van der Waals surface area (Å²) < 4.78 is 12.7. The molecule has 1 aromatic rings. The molecule has 1 fully saturated rings. The predicted octanol–water partition coefficient (Wildman–Crippen LogP) is 1.43. The van der Waals surface area contributed by atoms with Gasteiger partial charge in [-0.3, -0.25) is 4.79 Å². The number of amides is 3. The van der Waals surface area contributed by atoms with E-state index >= 15 is 0 Å². The zero-order chi connectivity index (χ0) is 13.8. The highest BCUT2D eigenvalue weighted by molar-refractivity contribution is 5.91. The Bertz CT molecular complexity index is 469. The molecule has 1 saturated heterocycles. The zero-order valence-corrected chi connectivity index (χ0v) is 10.6. The highest BCUT2D eigenvalue weighted by Crippen LogP contribution is 2.17. The van der Waals surface area contributed by atoms with Gasteiger partial charge < -0.3 is 15.5 Å². The highest BCUT2D eigenvalue weighted by atomic mass is 19.1. The third-order valence-corrected chi connectivity index (χ3v) is 2.99. The van der Waals surface area contributed by atoms with E-state index in [1.54, 1.807) is 4.90 Å². The number of likely N-dealkylation sites (tertiary alicyclic amines) is 1. The Labute approximate surface area is 110 Å². The molecule has 1 aliphatic heterocycles. The summed E-state index contributed by atoms with van der Waals surface area (Å²) in [7, 11) is 0. The molecule has 19 heavy (non-hydrogen) atoms. The number of hydrogen-bond donors (Lipinski definition) is 2. The second-order valence-electron chi connectivity index (χ2n) is 4.43. The Kier molecular flexibility index (Phi) is 3.99. The lowest BCUT2D eigenvalue weighted by molar-refractivity contribution is -0.128. The van der Waals surface area contributed by atoms with Crippen LogP contribution in [0.15, 0.2) is 24.3 Å². The molecule has 0 spiro atoms. The minimum Gasteiger partial charge on any atom is -0.356 e. The number of benzene rings is 1. The van der Waals surface area contributed by atoms with Crippen molar-refractivity contribution >= 4 is 17.6 Å². The fourth-order valence-corrected chi connectivity index (χ4v) is 1.86. The van der Waals surface area contributed by atoms with Crippen LogP contribution in [0, 0.1) is 11.7 Å². The molecule has 0 aromatic heterocycles. The zero-order valence-electron chi connectivity index (χ0n) is 10.6. The molecule has 0 atom stereocenters. The molecule has 5 nitrogen and oxygen atoms in total. The van der Waals surface area contributed by atoms with Gasteiger partial charge in [0.25, 0.3) is 0 Å². The fourth-order valence-electron chi connectivity index (χ4n) is 1.86. The topological polar surface area (TPSA) is 61.4 Å². The van der Waals surface area contributed by atoms with E-state index < -0.39 is 0 Å². The molecule has 6 heteroatoms. The molecule has 0 unspecified atom stereocenters. The van der Waals surface area contributed by atoms with Crippen molar-refractivity contribution in [3.63, 3.8) is 0 Å². The summed E-state index contributed by atoms with van der Waals surface area (Å²) >= 11 is 0. The monoisotopic (exact) mass is 265 g/mol. The average Bonchev–Trinajstić information content (AvgIpc) is 2.30. The molecule has 0 radical (unpaired) electrons. The Hall–Kier alpha value is -2.11. The van der Waals surface area contributed by atoms with Gasteiger partial charge in [-0.2, -0.15) is 0 Å². The normalized spacial score (nSPS) is 14.7. The lowest BCUT2D eigenvalue weighted by atomic mass is 10.00. The molecule has 1 heterocycles. The van der Waals surface area contributed by atoms with Crippen LogP contribution in [0.5, 0.6) is 0 Å². The number of nitrogens with zero attached hydrogens (tertiary/aromatic N) is 1. The van der Waals surface area contributed by atoms with E-state index in [2.05, 4.69) is 10.6 Å². The van der Waals surface area contributed by atoms with Crippen molar-refractivity contribution in [3.05, 3.63) is 30.1 Å². The summed E-state index contributed by atoms with van der Waals surface area (Å²) in [5, 5.41) is 5.38. The van der Waals surface area contributed by atoms with E-state index in [4.69, 9.17) is 0 Å². The van der Waals surface area contributed by atoms with Crippen LogP contribution in [-0.2, 0) is 4.79 Å². The van der Waals surface area contributed by atoms with Crippen molar-refractivity contribution in [1.29, 1.82) is 0 Å². The third-order valence-electron chi connectivity index (χ3n) is 2.99. The first-order chi connectivity index (χ1) is 9.10. The van der Waals surface area contributed by atoms with E-state index in [-0.39, 0.29) is 23.7 Å². The summed E-state index contributed by atoms with van der Waals surface area (Å²) in [6.07, 6.45) is 0. The van der Waals surface area contributed by atoms with Crippen molar-refractivity contribution < 1.29 is 14.0 Å². The van der Waals surface area contributed by atoms with Crippen LogP contribution in [0.25, 0.3) is 0 Å². The van der Waals surface area contributed by atoms with Gasteiger partial charge in [0, 0.05) is 25.3 Å². The van der Waals surface area contributed by atoms with Crippen molar-refractivity contribution in [2.24, 2.45) is 5.92 Å². The standard InChI is InChI=1S/C13H16FN3O2/c1-2-15-12(18)9-7-17(8-9)13(19)16-11-5-3-10(14)4-6-11/h3-6,9H,2,7-8H2,1H3,(H,15,18)(H,16,19). The molecule has 1 aliphatic rings. The SMILES string of the molecule is CCNC(=O)C1CN(C(=O)Nc2ccc(F)cc2)C1. The molecule has 3 amide bonds. The summed E-state index contributed by atoms with van der Waals surface area (Å²) in [6.45, 7) is 3.28. The van der Waals surface area contributed by atoms with Crippen molar-refractivity contribution in [2.75, 3.05) is 25.0 Å². The number of hydrogen-bond acceptors (Lipinski definition) is 2. The van der Waals surface area contributed by atoms with Gasteiger partial charge in [-0.1, -0.05) is 0 Å². The van der Waals surface area contributed by atoms with Crippen LogP contribution in [0.4, 0.5) is 14.9 Å². The quantitative estimate of drug-likeness (QED) is 0.868. The van der Waals surface area contributed by atoms with Crippen LogP contribution >= 0.6 is 0 Å². The summed E-state index contributed by atoms with van der Waals surface area (Å²) in [5.74, 6) is -0.495. The maximum atomic E-state index is 12.7. The number of anilines is 1. The predicted molar refractivity (Wildman–Crippen MR) is 69.2 cm³/mol. The van der Waals surface area contributed by atoms with E-state index in [1.807, 2.05) is 6.92 Å². The maximum Gasteiger partial charge on any atom is 0.321 e. The number of carbonyl (C=O) groups excluding carboxylic acids is 2. The number of urea groups is 1. The third kappa shape index (κ3) is 3.21. The number of halogens is 1. The lowest BCUT2D eigenvalue weighted by Crippen LogP contribution is -2.56. The van der Waals surface area contributed by atoms with Gasteiger partial charge in [0.05, 0.1) is 5.92 Å². The van der Waals surface area contributed by atoms with E-state index in [0.29, 0.717) is 25.3 Å². The Balaban J connectivity index is 1.80. The fraction of sp³-hybridized carbons (Fsp3) is 0.385. The Morgan fingerprint density at radius 3 is 2.53 bits per heavy atom. The number of carbonyl (C=O) groups is 2. The van der Waals surface area contributed by atoms with Crippen LogP contribution in [0.2, 0.25) is 0 Å². The van der Waals surface area contributed by atoms with Gasteiger partial charge in [-0.05, 0) is 31.2 Å². The first-order valence-electron chi connectivity index (χ1n) is 6.19. The average molecular weight is 265 g/mol. The Morgan fingerprint density at radius 2 is 1.95 bits per heavy atom. The van der Waals surface area contributed by atoms with E-state index in [9.17, 15) is 14.0 Å². The molecule has 2 rings (SSSR count). The molecule has 0 aliphatic carbocycles.